The Hall–Kier alpha value is -0.860. The Bertz CT molecular complexity index is 328. The van der Waals surface area contributed by atoms with Gasteiger partial charge in [-0.1, -0.05) is 96.8 Å². The van der Waals surface area contributed by atoms with Gasteiger partial charge in [-0.2, -0.15) is 0 Å². The van der Waals surface area contributed by atoms with Crippen molar-refractivity contribution in [3.63, 3.8) is 0 Å². The maximum Gasteiger partial charge on any atom is 0.229 e. The number of carbonyl (C=O) groups excluding carboxylic acids is 2. The molecular weight excluding hydrogens is 310 g/mol. The second-order valence-electron chi connectivity index (χ2n) is 7.36. The summed E-state index contributed by atoms with van der Waals surface area (Å²) in [6.45, 7) is 6.08. The number of hydrogen-bond acceptors (Lipinski definition) is 2. The molecule has 0 aliphatic heterocycles. The molecule has 0 fully saturated rings. The molecule has 0 aromatic rings. The molecular formula is C22H43NO2. The maximum absolute atomic E-state index is 11.9. The molecule has 0 aromatic carbocycles. The van der Waals surface area contributed by atoms with E-state index in [9.17, 15) is 9.59 Å². The van der Waals surface area contributed by atoms with E-state index in [4.69, 9.17) is 0 Å². The van der Waals surface area contributed by atoms with Crippen LogP contribution in [-0.4, -0.2) is 23.3 Å². The van der Waals surface area contributed by atoms with E-state index < -0.39 is 0 Å². The fourth-order valence-electron chi connectivity index (χ4n) is 3.36. The summed E-state index contributed by atoms with van der Waals surface area (Å²) in [4.78, 5) is 24.5. The minimum absolute atomic E-state index is 0.00954. The summed E-state index contributed by atoms with van der Waals surface area (Å²) < 4.78 is 0. The third-order valence-corrected chi connectivity index (χ3v) is 4.99. The molecule has 3 nitrogen and oxygen atoms in total. The van der Waals surface area contributed by atoms with Crippen molar-refractivity contribution in [2.24, 2.45) is 0 Å². The Balaban J connectivity index is 3.26. The van der Waals surface area contributed by atoms with Crippen molar-refractivity contribution in [2.45, 2.75) is 124 Å². The van der Waals surface area contributed by atoms with Crippen LogP contribution in [0.1, 0.15) is 124 Å². The van der Waals surface area contributed by atoms with E-state index in [1.165, 1.54) is 95.3 Å². The van der Waals surface area contributed by atoms with E-state index in [-0.39, 0.29) is 11.8 Å². The molecule has 0 N–H and O–H groups in total. The Morgan fingerprint density at radius 2 is 0.960 bits per heavy atom. The number of nitrogens with zero attached hydrogens (tertiary/aromatic N) is 1. The molecule has 0 unspecified atom stereocenters. The van der Waals surface area contributed by atoms with Gasteiger partial charge in [0.1, 0.15) is 0 Å². The van der Waals surface area contributed by atoms with Crippen molar-refractivity contribution in [3.8, 4) is 0 Å². The lowest BCUT2D eigenvalue weighted by atomic mass is 10.0. The fourth-order valence-corrected chi connectivity index (χ4v) is 3.36. The van der Waals surface area contributed by atoms with Crippen molar-refractivity contribution >= 4 is 11.8 Å². The second kappa shape index (κ2) is 17.9. The summed E-state index contributed by atoms with van der Waals surface area (Å²) in [5.41, 5.74) is 0. The average Bonchev–Trinajstić information content (AvgIpc) is 2.58. The van der Waals surface area contributed by atoms with Gasteiger partial charge in [0, 0.05) is 19.9 Å². The summed E-state index contributed by atoms with van der Waals surface area (Å²) in [6.07, 6.45) is 20.4. The van der Waals surface area contributed by atoms with Gasteiger partial charge in [0.15, 0.2) is 0 Å². The zero-order chi connectivity index (χ0) is 18.8. The first-order valence-corrected chi connectivity index (χ1v) is 10.9. The molecule has 0 rings (SSSR count). The number of unbranched alkanes of at least 4 members (excludes halogenated alkanes) is 14. The smallest absolute Gasteiger partial charge is 0.229 e. The zero-order valence-corrected chi connectivity index (χ0v) is 17.3. The molecule has 0 heterocycles. The first-order chi connectivity index (χ1) is 12.1. The molecule has 25 heavy (non-hydrogen) atoms. The predicted molar refractivity (Wildman–Crippen MR) is 108 cm³/mol. The Morgan fingerprint density at radius 3 is 1.28 bits per heavy atom. The van der Waals surface area contributed by atoms with Crippen LogP contribution in [0.25, 0.3) is 0 Å². The highest BCUT2D eigenvalue weighted by molar-refractivity contribution is 5.94. The van der Waals surface area contributed by atoms with E-state index in [0.29, 0.717) is 13.0 Å². The van der Waals surface area contributed by atoms with Gasteiger partial charge < -0.3 is 0 Å². The van der Waals surface area contributed by atoms with Gasteiger partial charge in [-0.3, -0.25) is 14.5 Å². The quantitative estimate of drug-likeness (QED) is 0.275. The van der Waals surface area contributed by atoms with Crippen LogP contribution in [0.2, 0.25) is 0 Å². The molecule has 0 radical (unpaired) electrons. The Labute approximate surface area is 156 Å². The van der Waals surface area contributed by atoms with Crippen LogP contribution < -0.4 is 0 Å². The molecule has 0 saturated heterocycles. The number of carbonyl (C=O) groups is 2. The largest absolute Gasteiger partial charge is 0.283 e. The lowest BCUT2D eigenvalue weighted by molar-refractivity contribution is -0.143. The van der Waals surface area contributed by atoms with E-state index in [1.54, 1.807) is 0 Å². The van der Waals surface area contributed by atoms with Crippen LogP contribution in [0.15, 0.2) is 0 Å². The van der Waals surface area contributed by atoms with Crippen LogP contribution in [-0.2, 0) is 9.59 Å². The number of rotatable bonds is 17. The lowest BCUT2D eigenvalue weighted by Gasteiger charge is -2.16. The molecule has 2 amide bonds. The minimum Gasteiger partial charge on any atom is -0.283 e. The van der Waals surface area contributed by atoms with Crippen molar-refractivity contribution in [1.82, 2.24) is 4.90 Å². The first kappa shape index (κ1) is 24.1. The van der Waals surface area contributed by atoms with E-state index in [0.717, 1.165) is 12.8 Å². The first-order valence-electron chi connectivity index (χ1n) is 10.9. The van der Waals surface area contributed by atoms with Gasteiger partial charge >= 0.3 is 0 Å². The van der Waals surface area contributed by atoms with Crippen LogP contribution in [0, 0.1) is 0 Å². The standard InChI is InChI=1S/C22H43NO2/c1-4-6-7-8-9-10-11-12-13-14-15-16-17-18-19-20-22(25)23(5-2)21(3)24/h4-20H2,1-3H3. The number of imide groups is 1. The van der Waals surface area contributed by atoms with E-state index in [1.807, 2.05) is 6.92 Å². The van der Waals surface area contributed by atoms with E-state index >= 15 is 0 Å². The van der Waals surface area contributed by atoms with Gasteiger partial charge in [0.25, 0.3) is 0 Å². The topological polar surface area (TPSA) is 37.4 Å². The van der Waals surface area contributed by atoms with Crippen molar-refractivity contribution < 1.29 is 9.59 Å². The molecule has 0 bridgehead atoms. The molecule has 148 valence electrons. The second-order valence-corrected chi connectivity index (χ2v) is 7.36. The molecule has 0 saturated carbocycles. The average molecular weight is 354 g/mol. The highest BCUT2D eigenvalue weighted by Gasteiger charge is 2.14. The summed E-state index contributed by atoms with van der Waals surface area (Å²) >= 11 is 0. The Kier molecular flexibility index (Phi) is 17.3. The van der Waals surface area contributed by atoms with Gasteiger partial charge in [-0.15, -0.1) is 0 Å². The zero-order valence-electron chi connectivity index (χ0n) is 17.3. The molecule has 0 aromatic heterocycles. The van der Waals surface area contributed by atoms with Crippen LogP contribution in [0.5, 0.6) is 0 Å². The summed E-state index contributed by atoms with van der Waals surface area (Å²) in [5, 5.41) is 0. The summed E-state index contributed by atoms with van der Waals surface area (Å²) in [6, 6.07) is 0. The van der Waals surface area contributed by atoms with Crippen LogP contribution in [0.3, 0.4) is 0 Å². The summed E-state index contributed by atoms with van der Waals surface area (Å²) in [5.74, 6) is -0.141. The maximum atomic E-state index is 11.9. The normalized spacial score (nSPS) is 10.8. The van der Waals surface area contributed by atoms with Crippen LogP contribution >= 0.6 is 0 Å². The Morgan fingerprint density at radius 1 is 0.600 bits per heavy atom. The predicted octanol–water partition coefficient (Wildman–Crippen LogP) is 6.64. The highest BCUT2D eigenvalue weighted by atomic mass is 16.2. The van der Waals surface area contributed by atoms with Crippen molar-refractivity contribution in [2.75, 3.05) is 6.54 Å². The number of amides is 2. The third-order valence-electron chi connectivity index (χ3n) is 4.99. The van der Waals surface area contributed by atoms with E-state index in [2.05, 4.69) is 6.92 Å². The lowest BCUT2D eigenvalue weighted by Crippen LogP contribution is -2.34. The SMILES string of the molecule is CCCCCCCCCCCCCCCCCC(=O)N(CC)C(C)=O. The molecule has 0 aliphatic carbocycles. The van der Waals surface area contributed by atoms with Crippen molar-refractivity contribution in [3.05, 3.63) is 0 Å². The molecule has 0 aliphatic rings. The third kappa shape index (κ3) is 15.1. The molecule has 3 heteroatoms. The summed E-state index contributed by atoms with van der Waals surface area (Å²) in [7, 11) is 0. The van der Waals surface area contributed by atoms with Gasteiger partial charge in [-0.25, -0.2) is 0 Å². The van der Waals surface area contributed by atoms with Crippen molar-refractivity contribution in [1.29, 1.82) is 0 Å². The molecule has 0 spiro atoms. The van der Waals surface area contributed by atoms with Gasteiger partial charge in [0.05, 0.1) is 0 Å². The molecule has 0 atom stereocenters. The number of hydrogen-bond donors (Lipinski definition) is 0. The van der Waals surface area contributed by atoms with Gasteiger partial charge in [0.2, 0.25) is 11.8 Å². The monoisotopic (exact) mass is 353 g/mol. The highest BCUT2D eigenvalue weighted by Crippen LogP contribution is 2.14. The van der Waals surface area contributed by atoms with Gasteiger partial charge in [-0.05, 0) is 13.3 Å². The van der Waals surface area contributed by atoms with Crippen LogP contribution in [0.4, 0.5) is 0 Å². The minimum atomic E-state index is -0.131. The fraction of sp³-hybridized carbons (Fsp3) is 0.909.